The Bertz CT molecular complexity index is 511. The van der Waals surface area contributed by atoms with Gasteiger partial charge in [-0.25, -0.2) is 4.98 Å². The molecular weight excluding hydrogens is 224 g/mol. The Morgan fingerprint density at radius 2 is 1.89 bits per heavy atom. The number of rotatable bonds is 5. The van der Waals surface area contributed by atoms with Crippen molar-refractivity contribution < 1.29 is 0 Å². The maximum absolute atomic E-state index is 4.40. The van der Waals surface area contributed by atoms with E-state index in [9.17, 15) is 0 Å². The molecule has 0 amide bonds. The number of aryl methyl sites for hydroxylation is 1. The summed E-state index contributed by atoms with van der Waals surface area (Å²) < 4.78 is 0. The first-order chi connectivity index (χ1) is 8.83. The fourth-order valence-electron chi connectivity index (χ4n) is 1.81. The van der Waals surface area contributed by atoms with Crippen LogP contribution in [0.3, 0.4) is 0 Å². The second-order valence-electron chi connectivity index (χ2n) is 4.07. The van der Waals surface area contributed by atoms with E-state index in [1.165, 1.54) is 5.56 Å². The third-order valence-corrected chi connectivity index (χ3v) is 2.69. The van der Waals surface area contributed by atoms with Gasteiger partial charge in [-0.05, 0) is 18.1 Å². The van der Waals surface area contributed by atoms with E-state index < -0.39 is 0 Å². The van der Waals surface area contributed by atoms with Crippen LogP contribution in [0.25, 0.3) is 0 Å². The second kappa shape index (κ2) is 6.00. The number of hydrogen-bond donors (Lipinski definition) is 2. The van der Waals surface area contributed by atoms with Crippen molar-refractivity contribution in [2.24, 2.45) is 0 Å². The van der Waals surface area contributed by atoms with Crippen molar-refractivity contribution in [1.29, 1.82) is 0 Å². The van der Waals surface area contributed by atoms with Crippen LogP contribution in [0, 0.1) is 0 Å². The molecule has 4 nitrogen and oxygen atoms in total. The van der Waals surface area contributed by atoms with Gasteiger partial charge in [0.2, 0.25) is 0 Å². The van der Waals surface area contributed by atoms with Gasteiger partial charge in [0, 0.05) is 12.7 Å². The Morgan fingerprint density at radius 1 is 1.11 bits per heavy atom. The van der Waals surface area contributed by atoms with Crippen LogP contribution in [0.2, 0.25) is 0 Å². The maximum Gasteiger partial charge on any atom is 0.151 e. The Labute approximate surface area is 107 Å². The molecule has 0 unspecified atom stereocenters. The SMILES string of the molecule is CCCc1ccccc1Nc1cncc(NC)n1. The van der Waals surface area contributed by atoms with Crippen LogP contribution in [0.1, 0.15) is 18.9 Å². The third kappa shape index (κ3) is 2.97. The molecule has 0 radical (unpaired) electrons. The minimum Gasteiger partial charge on any atom is -0.372 e. The zero-order valence-corrected chi connectivity index (χ0v) is 10.8. The van der Waals surface area contributed by atoms with E-state index in [1.54, 1.807) is 12.4 Å². The summed E-state index contributed by atoms with van der Waals surface area (Å²) in [6, 6.07) is 8.29. The van der Waals surface area contributed by atoms with E-state index in [1.807, 2.05) is 13.1 Å². The fraction of sp³-hybridized carbons (Fsp3) is 0.286. The summed E-state index contributed by atoms with van der Waals surface area (Å²) in [6.07, 6.45) is 5.61. The first-order valence-electron chi connectivity index (χ1n) is 6.18. The first-order valence-corrected chi connectivity index (χ1v) is 6.18. The van der Waals surface area contributed by atoms with Crippen molar-refractivity contribution in [2.75, 3.05) is 17.7 Å². The highest BCUT2D eigenvalue weighted by Gasteiger charge is 2.03. The Hall–Kier alpha value is -2.10. The Morgan fingerprint density at radius 3 is 2.67 bits per heavy atom. The molecule has 2 N–H and O–H groups in total. The summed E-state index contributed by atoms with van der Waals surface area (Å²) in [6.45, 7) is 2.18. The summed E-state index contributed by atoms with van der Waals surface area (Å²) in [4.78, 5) is 8.54. The van der Waals surface area contributed by atoms with Gasteiger partial charge in [-0.2, -0.15) is 0 Å². The van der Waals surface area contributed by atoms with Crippen LogP contribution in [-0.2, 0) is 6.42 Å². The van der Waals surface area contributed by atoms with Crippen molar-refractivity contribution in [3.8, 4) is 0 Å². The van der Waals surface area contributed by atoms with Crippen LogP contribution < -0.4 is 10.6 Å². The van der Waals surface area contributed by atoms with Gasteiger partial charge < -0.3 is 10.6 Å². The van der Waals surface area contributed by atoms with Gasteiger partial charge in [-0.1, -0.05) is 31.5 Å². The van der Waals surface area contributed by atoms with Crippen LogP contribution in [0.4, 0.5) is 17.3 Å². The summed E-state index contributed by atoms with van der Waals surface area (Å²) in [5.74, 6) is 1.51. The molecule has 4 heteroatoms. The van der Waals surface area contributed by atoms with Crippen molar-refractivity contribution in [2.45, 2.75) is 19.8 Å². The van der Waals surface area contributed by atoms with Gasteiger partial charge in [0.1, 0.15) is 5.82 Å². The van der Waals surface area contributed by atoms with Crippen molar-refractivity contribution in [1.82, 2.24) is 9.97 Å². The van der Waals surface area contributed by atoms with Gasteiger partial charge in [0.05, 0.1) is 12.4 Å². The van der Waals surface area contributed by atoms with Crippen LogP contribution in [0.5, 0.6) is 0 Å². The molecule has 0 saturated carbocycles. The molecule has 0 bridgehead atoms. The Balaban J connectivity index is 2.22. The average Bonchev–Trinajstić information content (AvgIpc) is 2.41. The summed E-state index contributed by atoms with van der Waals surface area (Å²) in [5.41, 5.74) is 2.40. The average molecular weight is 242 g/mol. The number of anilines is 3. The van der Waals surface area contributed by atoms with Crippen LogP contribution >= 0.6 is 0 Å². The number of aromatic nitrogens is 2. The molecule has 0 aliphatic heterocycles. The number of nitrogens with one attached hydrogen (secondary N) is 2. The highest BCUT2D eigenvalue weighted by atomic mass is 15.1. The molecule has 0 aliphatic rings. The van der Waals surface area contributed by atoms with E-state index in [0.29, 0.717) is 0 Å². The minimum absolute atomic E-state index is 0.755. The number of hydrogen-bond acceptors (Lipinski definition) is 4. The van der Waals surface area contributed by atoms with Crippen molar-refractivity contribution in [3.63, 3.8) is 0 Å². The fourth-order valence-corrected chi connectivity index (χ4v) is 1.81. The maximum atomic E-state index is 4.40. The van der Waals surface area contributed by atoms with Gasteiger partial charge in [0.15, 0.2) is 5.82 Å². The number of benzene rings is 1. The van der Waals surface area contributed by atoms with E-state index in [2.05, 4.69) is 45.7 Å². The zero-order chi connectivity index (χ0) is 12.8. The predicted octanol–water partition coefficient (Wildman–Crippen LogP) is 3.21. The van der Waals surface area contributed by atoms with Gasteiger partial charge >= 0.3 is 0 Å². The molecule has 2 aromatic rings. The van der Waals surface area contributed by atoms with Crippen molar-refractivity contribution in [3.05, 3.63) is 42.2 Å². The molecule has 0 saturated heterocycles. The smallest absolute Gasteiger partial charge is 0.151 e. The second-order valence-corrected chi connectivity index (χ2v) is 4.07. The predicted molar refractivity (Wildman–Crippen MR) is 75.3 cm³/mol. The highest BCUT2D eigenvalue weighted by molar-refractivity contribution is 5.60. The monoisotopic (exact) mass is 242 g/mol. The lowest BCUT2D eigenvalue weighted by atomic mass is 10.1. The topological polar surface area (TPSA) is 49.8 Å². The molecule has 1 aromatic heterocycles. The van der Waals surface area contributed by atoms with Crippen molar-refractivity contribution >= 4 is 17.3 Å². The number of nitrogens with zero attached hydrogens (tertiary/aromatic N) is 2. The zero-order valence-electron chi connectivity index (χ0n) is 10.8. The molecule has 2 rings (SSSR count). The molecule has 1 aromatic carbocycles. The molecule has 94 valence electrons. The lowest BCUT2D eigenvalue weighted by Crippen LogP contribution is -2.01. The lowest BCUT2D eigenvalue weighted by molar-refractivity contribution is 0.923. The molecule has 0 atom stereocenters. The van der Waals surface area contributed by atoms with E-state index >= 15 is 0 Å². The first kappa shape index (κ1) is 12.4. The van der Waals surface area contributed by atoms with Crippen LogP contribution in [-0.4, -0.2) is 17.0 Å². The molecule has 0 fully saturated rings. The third-order valence-electron chi connectivity index (χ3n) is 2.69. The molecule has 1 heterocycles. The van der Waals surface area contributed by atoms with Gasteiger partial charge in [0.25, 0.3) is 0 Å². The molecular formula is C14H18N4. The van der Waals surface area contributed by atoms with Gasteiger partial charge in [-0.3, -0.25) is 4.98 Å². The van der Waals surface area contributed by atoms with E-state index in [-0.39, 0.29) is 0 Å². The summed E-state index contributed by atoms with van der Waals surface area (Å²) >= 11 is 0. The summed E-state index contributed by atoms with van der Waals surface area (Å²) in [7, 11) is 1.83. The van der Waals surface area contributed by atoms with Crippen LogP contribution in [0.15, 0.2) is 36.7 Å². The van der Waals surface area contributed by atoms with Gasteiger partial charge in [-0.15, -0.1) is 0 Å². The standard InChI is InChI=1S/C14H18N4/c1-3-6-11-7-4-5-8-12(11)17-14-10-16-9-13(15-2)18-14/h4-5,7-10H,3,6H2,1-2H3,(H2,15,17,18). The highest BCUT2D eigenvalue weighted by Crippen LogP contribution is 2.21. The number of para-hydroxylation sites is 1. The molecule has 0 spiro atoms. The lowest BCUT2D eigenvalue weighted by Gasteiger charge is -2.11. The van der Waals surface area contributed by atoms with E-state index in [0.717, 1.165) is 30.2 Å². The Kier molecular flexibility index (Phi) is 4.12. The normalized spacial score (nSPS) is 10.1. The largest absolute Gasteiger partial charge is 0.372 e. The quantitative estimate of drug-likeness (QED) is 0.845. The minimum atomic E-state index is 0.755. The molecule has 0 aliphatic carbocycles. The van der Waals surface area contributed by atoms with E-state index in [4.69, 9.17) is 0 Å². The molecule has 18 heavy (non-hydrogen) atoms. The summed E-state index contributed by atoms with van der Waals surface area (Å²) in [5, 5.41) is 6.30.